The highest BCUT2D eigenvalue weighted by atomic mass is 35.5. The number of amides is 1. The first-order chi connectivity index (χ1) is 9.77. The molecule has 0 aromatic heterocycles. The van der Waals surface area contributed by atoms with Crippen LogP contribution < -0.4 is 11.1 Å². The van der Waals surface area contributed by atoms with Crippen LogP contribution in [0.4, 0.5) is 5.69 Å². The van der Waals surface area contributed by atoms with Crippen molar-refractivity contribution in [1.82, 2.24) is 0 Å². The van der Waals surface area contributed by atoms with E-state index in [9.17, 15) is 9.59 Å². The van der Waals surface area contributed by atoms with Gasteiger partial charge in [-0.25, -0.2) is 4.79 Å². The minimum atomic E-state index is -0.804. The zero-order valence-corrected chi connectivity index (χ0v) is 13.6. The molecule has 0 aliphatic carbocycles. The third kappa shape index (κ3) is 4.52. The molecule has 1 aromatic carbocycles. The Balaban J connectivity index is 3.04. The van der Waals surface area contributed by atoms with E-state index in [0.29, 0.717) is 0 Å². The minimum absolute atomic E-state index is 0.0390. The number of nitrogens with two attached hydrogens (primary N) is 1. The van der Waals surface area contributed by atoms with Crippen LogP contribution in [0, 0.1) is 0 Å². The SMILES string of the molecule is CCOC(=O)/C(C(=O)Nc1cc(Cl)c(Cl)c(Cl)c1)=C(\C)N. The lowest BCUT2D eigenvalue weighted by Crippen LogP contribution is -2.25. The Morgan fingerprint density at radius 3 is 2.19 bits per heavy atom. The first-order valence-electron chi connectivity index (χ1n) is 5.87. The van der Waals surface area contributed by atoms with Gasteiger partial charge in [-0.1, -0.05) is 34.8 Å². The Hall–Kier alpha value is -1.43. The van der Waals surface area contributed by atoms with Crippen molar-refractivity contribution in [2.24, 2.45) is 5.73 Å². The predicted molar refractivity (Wildman–Crippen MR) is 83.6 cm³/mol. The lowest BCUT2D eigenvalue weighted by Gasteiger charge is -2.11. The lowest BCUT2D eigenvalue weighted by atomic mass is 10.2. The van der Waals surface area contributed by atoms with E-state index in [-0.39, 0.29) is 38.6 Å². The summed E-state index contributed by atoms with van der Waals surface area (Å²) in [5.74, 6) is -1.52. The molecule has 0 aliphatic rings. The average Bonchev–Trinajstić information content (AvgIpc) is 2.35. The van der Waals surface area contributed by atoms with Crippen LogP contribution in [0.15, 0.2) is 23.4 Å². The van der Waals surface area contributed by atoms with Gasteiger partial charge in [0.1, 0.15) is 5.57 Å². The number of esters is 1. The fourth-order valence-corrected chi connectivity index (χ4v) is 2.05. The molecule has 0 fully saturated rings. The molecule has 21 heavy (non-hydrogen) atoms. The molecule has 8 heteroatoms. The number of ether oxygens (including phenoxy) is 1. The van der Waals surface area contributed by atoms with Gasteiger partial charge in [0.25, 0.3) is 5.91 Å². The fourth-order valence-electron chi connectivity index (χ4n) is 1.46. The van der Waals surface area contributed by atoms with Crippen LogP contribution in [-0.4, -0.2) is 18.5 Å². The number of hydrogen-bond donors (Lipinski definition) is 2. The average molecular weight is 352 g/mol. The third-order valence-corrected chi connectivity index (χ3v) is 3.54. The molecule has 0 spiro atoms. The lowest BCUT2D eigenvalue weighted by molar-refractivity contribution is -0.139. The summed E-state index contributed by atoms with van der Waals surface area (Å²) in [6, 6.07) is 2.81. The van der Waals surface area contributed by atoms with E-state index in [1.54, 1.807) is 6.92 Å². The van der Waals surface area contributed by atoms with Gasteiger partial charge in [0, 0.05) is 11.4 Å². The van der Waals surface area contributed by atoms with Crippen LogP contribution in [0.1, 0.15) is 13.8 Å². The highest BCUT2D eigenvalue weighted by Crippen LogP contribution is 2.33. The summed E-state index contributed by atoms with van der Waals surface area (Å²) < 4.78 is 4.78. The van der Waals surface area contributed by atoms with Gasteiger partial charge in [-0.15, -0.1) is 0 Å². The van der Waals surface area contributed by atoms with Crippen LogP contribution in [0.2, 0.25) is 15.1 Å². The van der Waals surface area contributed by atoms with Gasteiger partial charge in [-0.2, -0.15) is 0 Å². The molecule has 114 valence electrons. The molecule has 0 saturated carbocycles. The highest BCUT2D eigenvalue weighted by Gasteiger charge is 2.22. The van der Waals surface area contributed by atoms with Crippen molar-refractivity contribution < 1.29 is 14.3 Å². The topological polar surface area (TPSA) is 81.4 Å². The first kappa shape index (κ1) is 17.6. The second-order valence-corrected chi connectivity index (χ2v) is 5.18. The maximum atomic E-state index is 12.1. The Morgan fingerprint density at radius 2 is 1.76 bits per heavy atom. The van der Waals surface area contributed by atoms with E-state index in [0.717, 1.165) is 0 Å². The van der Waals surface area contributed by atoms with Crippen molar-refractivity contribution in [3.63, 3.8) is 0 Å². The molecule has 0 saturated heterocycles. The Bertz CT molecular complexity index is 588. The quantitative estimate of drug-likeness (QED) is 0.286. The monoisotopic (exact) mass is 350 g/mol. The number of carbonyl (C=O) groups excluding carboxylic acids is 2. The number of halogens is 3. The van der Waals surface area contributed by atoms with Crippen molar-refractivity contribution in [2.75, 3.05) is 11.9 Å². The van der Waals surface area contributed by atoms with Gasteiger partial charge < -0.3 is 15.8 Å². The third-order valence-electron chi connectivity index (χ3n) is 2.34. The van der Waals surface area contributed by atoms with Gasteiger partial charge in [0.15, 0.2) is 0 Å². The van der Waals surface area contributed by atoms with Gasteiger partial charge in [0.2, 0.25) is 0 Å². The molecule has 0 unspecified atom stereocenters. The van der Waals surface area contributed by atoms with E-state index < -0.39 is 11.9 Å². The summed E-state index contributed by atoms with van der Waals surface area (Å²) in [7, 11) is 0. The highest BCUT2D eigenvalue weighted by molar-refractivity contribution is 6.48. The van der Waals surface area contributed by atoms with E-state index in [2.05, 4.69) is 5.32 Å². The molecule has 0 bridgehead atoms. The maximum absolute atomic E-state index is 12.1. The molecule has 1 rings (SSSR count). The summed E-state index contributed by atoms with van der Waals surface area (Å²) in [5.41, 5.74) is 5.59. The smallest absolute Gasteiger partial charge is 0.345 e. The fraction of sp³-hybridized carbons (Fsp3) is 0.231. The van der Waals surface area contributed by atoms with Gasteiger partial charge in [-0.3, -0.25) is 4.79 Å². The number of benzene rings is 1. The second kappa shape index (κ2) is 7.54. The summed E-state index contributed by atoms with van der Waals surface area (Å²) in [4.78, 5) is 23.8. The van der Waals surface area contributed by atoms with Crippen LogP contribution in [-0.2, 0) is 14.3 Å². The standard InChI is InChI=1S/C13H13Cl3N2O3/c1-3-21-13(20)10(6(2)17)12(19)18-7-4-8(14)11(16)9(15)5-7/h4-5H,3,17H2,1-2H3,(H,18,19)/b10-6+. The van der Waals surface area contributed by atoms with Crippen molar-refractivity contribution in [1.29, 1.82) is 0 Å². The Morgan fingerprint density at radius 1 is 1.24 bits per heavy atom. The van der Waals surface area contributed by atoms with Crippen LogP contribution in [0.5, 0.6) is 0 Å². The maximum Gasteiger partial charge on any atom is 0.345 e. The molecule has 3 N–H and O–H groups in total. The number of allylic oxidation sites excluding steroid dienone is 1. The van der Waals surface area contributed by atoms with Crippen molar-refractivity contribution >= 4 is 52.4 Å². The summed E-state index contributed by atoms with van der Waals surface area (Å²) in [5, 5.41) is 2.98. The summed E-state index contributed by atoms with van der Waals surface area (Å²) >= 11 is 17.5. The van der Waals surface area contributed by atoms with Crippen molar-refractivity contribution in [2.45, 2.75) is 13.8 Å². The molecule has 5 nitrogen and oxygen atoms in total. The molecule has 0 heterocycles. The number of rotatable bonds is 4. The van der Waals surface area contributed by atoms with Gasteiger partial charge in [-0.05, 0) is 26.0 Å². The largest absolute Gasteiger partial charge is 0.462 e. The molecule has 0 atom stereocenters. The van der Waals surface area contributed by atoms with Gasteiger partial charge >= 0.3 is 5.97 Å². The summed E-state index contributed by atoms with van der Waals surface area (Å²) in [6.45, 7) is 3.17. The zero-order chi connectivity index (χ0) is 16.2. The molecule has 1 aromatic rings. The van der Waals surface area contributed by atoms with Crippen molar-refractivity contribution in [3.05, 3.63) is 38.5 Å². The predicted octanol–water partition coefficient (Wildman–Crippen LogP) is 3.38. The number of nitrogens with one attached hydrogen (secondary N) is 1. The van der Waals surface area contributed by atoms with E-state index >= 15 is 0 Å². The molecular weight excluding hydrogens is 339 g/mol. The van der Waals surface area contributed by atoms with E-state index in [1.165, 1.54) is 19.1 Å². The van der Waals surface area contributed by atoms with E-state index in [4.69, 9.17) is 45.3 Å². The Kier molecular flexibility index (Phi) is 6.33. The molecule has 0 aliphatic heterocycles. The van der Waals surface area contributed by atoms with Crippen LogP contribution in [0.3, 0.4) is 0 Å². The summed E-state index contributed by atoms with van der Waals surface area (Å²) in [6.07, 6.45) is 0. The zero-order valence-electron chi connectivity index (χ0n) is 11.3. The second-order valence-electron chi connectivity index (χ2n) is 3.99. The first-order valence-corrected chi connectivity index (χ1v) is 7.00. The van der Waals surface area contributed by atoms with Crippen LogP contribution >= 0.6 is 34.8 Å². The number of anilines is 1. The molecular formula is C13H13Cl3N2O3. The normalized spacial score (nSPS) is 11.7. The molecule has 1 amide bonds. The van der Waals surface area contributed by atoms with Crippen molar-refractivity contribution in [3.8, 4) is 0 Å². The minimum Gasteiger partial charge on any atom is -0.462 e. The van der Waals surface area contributed by atoms with Gasteiger partial charge in [0.05, 0.1) is 21.7 Å². The molecule has 0 radical (unpaired) electrons. The Labute approximate surface area is 137 Å². The number of hydrogen-bond acceptors (Lipinski definition) is 4. The van der Waals surface area contributed by atoms with E-state index in [1.807, 2.05) is 0 Å². The van der Waals surface area contributed by atoms with Crippen LogP contribution in [0.25, 0.3) is 0 Å². The number of carbonyl (C=O) groups is 2.